The van der Waals surface area contributed by atoms with Crippen molar-refractivity contribution in [3.8, 4) is 0 Å². The number of ketones is 1. The van der Waals surface area contributed by atoms with Crippen LogP contribution in [0.15, 0.2) is 0 Å². The van der Waals surface area contributed by atoms with Crippen LogP contribution in [0.5, 0.6) is 0 Å². The van der Waals surface area contributed by atoms with E-state index in [9.17, 15) is 9.59 Å². The molecular formula is C21H31NO2. The van der Waals surface area contributed by atoms with Crippen LogP contribution in [0.4, 0.5) is 0 Å². The molecule has 3 unspecified atom stereocenters. The van der Waals surface area contributed by atoms with Crippen molar-refractivity contribution in [3.63, 3.8) is 0 Å². The zero-order valence-electron chi connectivity index (χ0n) is 15.0. The highest BCUT2D eigenvalue weighted by Crippen LogP contribution is 2.61. The number of carbonyl (C=O) groups excluding carboxylic acids is 2. The monoisotopic (exact) mass is 329 g/mol. The van der Waals surface area contributed by atoms with E-state index in [-0.39, 0.29) is 23.4 Å². The van der Waals surface area contributed by atoms with Gasteiger partial charge in [-0.25, -0.2) is 0 Å². The predicted molar refractivity (Wildman–Crippen MR) is 92.3 cm³/mol. The first-order chi connectivity index (χ1) is 11.6. The van der Waals surface area contributed by atoms with Crippen molar-refractivity contribution in [3.05, 3.63) is 0 Å². The van der Waals surface area contributed by atoms with E-state index in [4.69, 9.17) is 0 Å². The molecular weight excluding hydrogens is 298 g/mol. The molecule has 5 aliphatic carbocycles. The van der Waals surface area contributed by atoms with E-state index in [2.05, 4.69) is 11.8 Å². The Morgan fingerprint density at radius 2 is 1.58 bits per heavy atom. The van der Waals surface area contributed by atoms with Crippen LogP contribution < -0.4 is 0 Å². The van der Waals surface area contributed by atoms with Gasteiger partial charge in [-0.2, -0.15) is 0 Å². The maximum absolute atomic E-state index is 13.8. The standard InChI is InChI=1S/C21H31NO2/c1-13-6-19(23)17-4-2-3-5-18(17)22(13)20(24)21-10-14-7-15(11-21)9-16(8-14)12-21/h13-18H,2-12H2,1H3. The van der Waals surface area contributed by atoms with E-state index in [0.29, 0.717) is 18.1 Å². The van der Waals surface area contributed by atoms with Gasteiger partial charge in [0.15, 0.2) is 0 Å². The molecule has 1 amide bonds. The smallest absolute Gasteiger partial charge is 0.229 e. The minimum absolute atomic E-state index is 0.0502. The molecule has 0 aromatic carbocycles. The predicted octanol–water partition coefficient (Wildman–Crippen LogP) is 3.95. The Balaban J connectivity index is 1.46. The van der Waals surface area contributed by atoms with E-state index in [1.807, 2.05) is 0 Å². The second kappa shape index (κ2) is 5.32. The number of hydrogen-bond acceptors (Lipinski definition) is 2. The lowest BCUT2D eigenvalue weighted by molar-refractivity contribution is -0.169. The Bertz CT molecular complexity index is 533. The van der Waals surface area contributed by atoms with Crippen molar-refractivity contribution in [2.75, 3.05) is 0 Å². The van der Waals surface area contributed by atoms with Crippen LogP contribution in [0.3, 0.4) is 0 Å². The Morgan fingerprint density at radius 1 is 1.00 bits per heavy atom. The summed E-state index contributed by atoms with van der Waals surface area (Å²) in [6, 6.07) is 0.341. The summed E-state index contributed by atoms with van der Waals surface area (Å²) in [7, 11) is 0. The van der Waals surface area contributed by atoms with Gasteiger partial charge in [0.05, 0.1) is 5.41 Å². The Kier molecular flexibility index (Phi) is 3.41. The molecule has 1 aliphatic heterocycles. The fourth-order valence-corrected chi connectivity index (χ4v) is 7.68. The highest BCUT2D eigenvalue weighted by atomic mass is 16.2. The molecule has 24 heavy (non-hydrogen) atoms. The lowest BCUT2D eigenvalue weighted by atomic mass is 9.49. The first-order valence-corrected chi connectivity index (χ1v) is 10.4. The second-order valence-electron chi connectivity index (χ2n) is 9.89. The summed E-state index contributed by atoms with van der Waals surface area (Å²) in [5.41, 5.74) is -0.0502. The van der Waals surface area contributed by atoms with Crippen molar-refractivity contribution >= 4 is 11.7 Å². The first kappa shape index (κ1) is 15.4. The quantitative estimate of drug-likeness (QED) is 0.730. The van der Waals surface area contributed by atoms with Crippen LogP contribution >= 0.6 is 0 Å². The van der Waals surface area contributed by atoms with Gasteiger partial charge >= 0.3 is 0 Å². The fourth-order valence-electron chi connectivity index (χ4n) is 7.68. The van der Waals surface area contributed by atoms with Crippen molar-refractivity contribution in [1.29, 1.82) is 0 Å². The number of likely N-dealkylation sites (tertiary alicyclic amines) is 1. The largest absolute Gasteiger partial charge is 0.335 e. The number of rotatable bonds is 1. The fraction of sp³-hybridized carbons (Fsp3) is 0.905. The van der Waals surface area contributed by atoms with Gasteiger partial charge < -0.3 is 4.90 Å². The highest BCUT2D eigenvalue weighted by molar-refractivity contribution is 5.89. The molecule has 1 heterocycles. The average molecular weight is 329 g/mol. The number of Topliss-reactive ketones (excluding diaryl/α,β-unsaturated/α-hetero) is 1. The van der Waals surface area contributed by atoms with Crippen LogP contribution in [0.1, 0.15) is 77.6 Å². The molecule has 6 aliphatic rings. The van der Waals surface area contributed by atoms with Gasteiger partial charge in [0.2, 0.25) is 5.91 Å². The number of piperidine rings is 1. The average Bonchev–Trinajstić information content (AvgIpc) is 2.53. The number of amides is 1. The topological polar surface area (TPSA) is 37.4 Å². The summed E-state index contributed by atoms with van der Waals surface area (Å²) in [5.74, 6) is 3.46. The molecule has 5 saturated carbocycles. The normalized spacial score (nSPS) is 50.0. The molecule has 1 saturated heterocycles. The Hall–Kier alpha value is -0.860. The summed E-state index contributed by atoms with van der Waals surface area (Å²) in [4.78, 5) is 28.6. The third-order valence-corrected chi connectivity index (χ3v) is 8.20. The van der Waals surface area contributed by atoms with Crippen LogP contribution in [0.2, 0.25) is 0 Å². The summed E-state index contributed by atoms with van der Waals surface area (Å²) < 4.78 is 0. The Morgan fingerprint density at radius 3 is 2.21 bits per heavy atom. The van der Waals surface area contributed by atoms with Crippen molar-refractivity contribution in [2.45, 2.75) is 89.6 Å². The van der Waals surface area contributed by atoms with Crippen molar-refractivity contribution in [2.24, 2.45) is 29.1 Å². The third kappa shape index (κ3) is 2.15. The molecule has 0 radical (unpaired) electrons. The molecule has 0 aromatic rings. The maximum Gasteiger partial charge on any atom is 0.229 e. The van der Waals surface area contributed by atoms with Crippen LogP contribution in [-0.4, -0.2) is 28.7 Å². The third-order valence-electron chi connectivity index (χ3n) is 8.20. The van der Waals surface area contributed by atoms with Gasteiger partial charge in [-0.15, -0.1) is 0 Å². The minimum Gasteiger partial charge on any atom is -0.335 e. The molecule has 0 aromatic heterocycles. The van der Waals surface area contributed by atoms with E-state index in [1.165, 1.54) is 32.1 Å². The summed E-state index contributed by atoms with van der Waals surface area (Å²) in [6.45, 7) is 2.13. The molecule has 3 nitrogen and oxygen atoms in total. The van der Waals surface area contributed by atoms with E-state index >= 15 is 0 Å². The maximum atomic E-state index is 13.8. The molecule has 4 bridgehead atoms. The van der Waals surface area contributed by atoms with Gasteiger partial charge in [0, 0.05) is 24.4 Å². The number of hydrogen-bond donors (Lipinski definition) is 0. The molecule has 3 atom stereocenters. The number of carbonyl (C=O) groups is 2. The van der Waals surface area contributed by atoms with E-state index < -0.39 is 0 Å². The molecule has 132 valence electrons. The van der Waals surface area contributed by atoms with Gasteiger partial charge in [0.25, 0.3) is 0 Å². The molecule has 0 spiro atoms. The number of fused-ring (bicyclic) bond motifs is 1. The minimum atomic E-state index is -0.0502. The summed E-state index contributed by atoms with van der Waals surface area (Å²) >= 11 is 0. The lowest BCUT2D eigenvalue weighted by Crippen LogP contribution is -2.63. The van der Waals surface area contributed by atoms with Gasteiger partial charge in [-0.1, -0.05) is 12.8 Å². The lowest BCUT2D eigenvalue weighted by Gasteiger charge is -2.58. The van der Waals surface area contributed by atoms with Gasteiger partial charge in [-0.3, -0.25) is 9.59 Å². The van der Waals surface area contributed by atoms with E-state index in [0.717, 1.165) is 49.9 Å². The van der Waals surface area contributed by atoms with E-state index in [1.54, 1.807) is 0 Å². The molecule has 6 rings (SSSR count). The zero-order valence-corrected chi connectivity index (χ0v) is 15.0. The molecule has 3 heteroatoms. The zero-order chi connectivity index (χ0) is 16.5. The highest BCUT2D eigenvalue weighted by Gasteiger charge is 2.57. The van der Waals surface area contributed by atoms with Crippen molar-refractivity contribution in [1.82, 2.24) is 4.90 Å². The second-order valence-corrected chi connectivity index (χ2v) is 9.89. The van der Waals surface area contributed by atoms with Crippen LogP contribution in [0.25, 0.3) is 0 Å². The summed E-state index contributed by atoms with van der Waals surface area (Å²) in [5, 5.41) is 0. The van der Waals surface area contributed by atoms with Crippen LogP contribution in [0, 0.1) is 29.1 Å². The van der Waals surface area contributed by atoms with Crippen LogP contribution in [-0.2, 0) is 9.59 Å². The molecule has 0 N–H and O–H groups in total. The molecule has 6 fully saturated rings. The number of nitrogens with zero attached hydrogens (tertiary/aromatic N) is 1. The van der Waals surface area contributed by atoms with Gasteiger partial charge in [-0.05, 0) is 76.0 Å². The Labute approximate surface area is 145 Å². The first-order valence-electron chi connectivity index (χ1n) is 10.4. The SMILES string of the molecule is CC1CC(=O)C2CCCCC2N1C(=O)C12CC3CC(CC(C3)C1)C2. The van der Waals surface area contributed by atoms with Crippen molar-refractivity contribution < 1.29 is 9.59 Å². The summed E-state index contributed by atoms with van der Waals surface area (Å²) in [6.07, 6.45) is 12.6. The van der Waals surface area contributed by atoms with Gasteiger partial charge in [0.1, 0.15) is 5.78 Å².